The Morgan fingerprint density at radius 1 is 1.12 bits per heavy atom. The van der Waals surface area contributed by atoms with Gasteiger partial charge in [-0.15, -0.1) is 0 Å². The Morgan fingerprint density at radius 3 is 2.50 bits per heavy atom. The van der Waals surface area contributed by atoms with E-state index in [0.29, 0.717) is 0 Å². The molecule has 2 heteroatoms. The minimum absolute atomic E-state index is 1.18. The molecule has 1 aromatic rings. The van der Waals surface area contributed by atoms with E-state index in [1.807, 2.05) is 0 Å². The molecular formula is C14H22N2. The van der Waals surface area contributed by atoms with Crippen LogP contribution in [-0.4, -0.2) is 0 Å². The van der Waals surface area contributed by atoms with Crippen molar-refractivity contribution in [1.82, 2.24) is 0 Å². The van der Waals surface area contributed by atoms with Crippen LogP contribution in [0.2, 0.25) is 0 Å². The highest BCUT2D eigenvalue weighted by atomic mass is 14.9. The van der Waals surface area contributed by atoms with E-state index >= 15 is 0 Å². The number of hydrogen-bond donors (Lipinski definition) is 0. The number of aromatic nitrogens is 1. The average molecular weight is 218 g/mol. The maximum absolute atomic E-state index is 6.25. The Morgan fingerprint density at radius 2 is 1.88 bits per heavy atom. The second kappa shape index (κ2) is 10.2. The Kier molecular flexibility index (Phi) is 9.30. The zero-order valence-electron chi connectivity index (χ0n) is 10.4. The molecule has 0 radical (unpaired) electrons. The van der Waals surface area contributed by atoms with E-state index in [0.717, 1.165) is 0 Å². The zero-order chi connectivity index (χ0) is 12.2. The van der Waals surface area contributed by atoms with Crippen LogP contribution in [-0.2, 0) is 13.0 Å². The highest BCUT2D eigenvalue weighted by Gasteiger charge is 2.06. The number of aryl methyl sites for hydroxylation is 2. The molecule has 2 nitrogen and oxygen atoms in total. The smallest absolute Gasteiger partial charge is 0.181 e. The SMILES string of the molecule is CCCCC[n+]1ccccc1CCC.[C-]#N. The lowest BCUT2D eigenvalue weighted by Crippen LogP contribution is -2.37. The summed E-state index contributed by atoms with van der Waals surface area (Å²) < 4.78 is 2.40. The maximum atomic E-state index is 6.25. The summed E-state index contributed by atoms with van der Waals surface area (Å²) in [6.07, 6.45) is 8.59. The van der Waals surface area contributed by atoms with E-state index in [-0.39, 0.29) is 0 Å². The van der Waals surface area contributed by atoms with Gasteiger partial charge in [-0.25, -0.2) is 4.57 Å². The van der Waals surface area contributed by atoms with Gasteiger partial charge in [0, 0.05) is 25.0 Å². The highest BCUT2D eigenvalue weighted by molar-refractivity contribution is 4.97. The fourth-order valence-electron chi connectivity index (χ4n) is 1.75. The fraction of sp³-hybridized carbons (Fsp3) is 0.571. The molecule has 0 aliphatic carbocycles. The largest absolute Gasteiger partial charge is 0.512 e. The van der Waals surface area contributed by atoms with E-state index in [1.165, 1.54) is 44.3 Å². The number of rotatable bonds is 6. The van der Waals surface area contributed by atoms with Gasteiger partial charge in [-0.1, -0.05) is 26.3 Å². The van der Waals surface area contributed by atoms with Gasteiger partial charge in [0.1, 0.15) is 6.54 Å². The van der Waals surface area contributed by atoms with Gasteiger partial charge in [0.05, 0.1) is 0 Å². The summed E-state index contributed by atoms with van der Waals surface area (Å²) in [5.41, 5.74) is 1.48. The third-order valence-corrected chi connectivity index (χ3v) is 2.54. The first kappa shape index (κ1) is 14.6. The first-order valence-corrected chi connectivity index (χ1v) is 6.08. The molecule has 0 atom stereocenters. The molecule has 0 spiro atoms. The number of hydrogen-bond acceptors (Lipinski definition) is 1. The van der Waals surface area contributed by atoms with Crippen LogP contribution in [0.4, 0.5) is 0 Å². The summed E-state index contributed by atoms with van der Waals surface area (Å²) in [7, 11) is 0. The minimum Gasteiger partial charge on any atom is -0.512 e. The molecule has 1 aromatic heterocycles. The monoisotopic (exact) mass is 218 g/mol. The summed E-state index contributed by atoms with van der Waals surface area (Å²) in [5.74, 6) is 0. The molecular weight excluding hydrogens is 196 g/mol. The van der Waals surface area contributed by atoms with Crippen molar-refractivity contribution in [1.29, 1.82) is 5.26 Å². The molecule has 0 amide bonds. The molecule has 1 heterocycles. The lowest BCUT2D eigenvalue weighted by Gasteiger charge is -2.01. The molecule has 0 saturated heterocycles. The second-order valence-electron chi connectivity index (χ2n) is 3.84. The van der Waals surface area contributed by atoms with Crippen LogP contribution in [0.15, 0.2) is 24.4 Å². The van der Waals surface area contributed by atoms with E-state index < -0.39 is 0 Å². The van der Waals surface area contributed by atoms with Crippen molar-refractivity contribution in [3.63, 3.8) is 0 Å². The van der Waals surface area contributed by atoms with Crippen molar-refractivity contribution in [2.45, 2.75) is 52.5 Å². The second-order valence-corrected chi connectivity index (χ2v) is 3.84. The highest BCUT2D eigenvalue weighted by Crippen LogP contribution is 1.99. The molecule has 1 rings (SSSR count). The standard InChI is InChI=1S/C13H22N.CN/c1-3-5-7-11-14-12-8-6-10-13(14)9-4-2;1-2/h6,8,10,12H,3-5,7,9,11H2,1-2H3;/q+1;-1. The van der Waals surface area contributed by atoms with E-state index in [4.69, 9.17) is 11.8 Å². The first-order valence-electron chi connectivity index (χ1n) is 6.08. The predicted octanol–water partition coefficient (Wildman–Crippen LogP) is 3.21. The van der Waals surface area contributed by atoms with Crippen LogP contribution in [0.25, 0.3) is 0 Å². The normalized spacial score (nSPS) is 9.25. The Labute approximate surface area is 99.5 Å². The molecule has 0 aliphatic rings. The van der Waals surface area contributed by atoms with Crippen molar-refractivity contribution >= 4 is 0 Å². The zero-order valence-corrected chi connectivity index (χ0v) is 10.4. The summed E-state index contributed by atoms with van der Waals surface area (Å²) in [5, 5.41) is 6.25. The van der Waals surface area contributed by atoms with Crippen molar-refractivity contribution in [2.75, 3.05) is 0 Å². The number of unbranched alkanes of at least 4 members (excludes halogenated alkanes) is 2. The van der Waals surface area contributed by atoms with Gasteiger partial charge in [-0.3, -0.25) is 0 Å². The Hall–Kier alpha value is -1.36. The van der Waals surface area contributed by atoms with Crippen LogP contribution >= 0.6 is 0 Å². The third-order valence-electron chi connectivity index (χ3n) is 2.54. The number of pyridine rings is 1. The van der Waals surface area contributed by atoms with E-state index in [2.05, 4.69) is 42.8 Å². The van der Waals surface area contributed by atoms with Gasteiger partial charge in [-0.2, -0.15) is 0 Å². The summed E-state index contributed by atoms with van der Waals surface area (Å²) >= 11 is 0. The van der Waals surface area contributed by atoms with Gasteiger partial charge >= 0.3 is 0 Å². The van der Waals surface area contributed by atoms with Crippen LogP contribution in [0.5, 0.6) is 0 Å². The quantitative estimate of drug-likeness (QED) is 0.409. The summed E-state index contributed by atoms with van der Waals surface area (Å²) in [4.78, 5) is 0. The van der Waals surface area contributed by atoms with Crippen LogP contribution in [0.3, 0.4) is 0 Å². The van der Waals surface area contributed by atoms with Gasteiger partial charge < -0.3 is 11.8 Å². The molecule has 0 aromatic carbocycles. The van der Waals surface area contributed by atoms with Crippen molar-refractivity contribution in [3.8, 4) is 0 Å². The molecule has 0 bridgehead atoms. The van der Waals surface area contributed by atoms with Gasteiger partial charge in [0.25, 0.3) is 0 Å². The van der Waals surface area contributed by atoms with E-state index in [9.17, 15) is 0 Å². The average Bonchev–Trinajstić information content (AvgIpc) is 2.35. The fourth-order valence-corrected chi connectivity index (χ4v) is 1.75. The van der Waals surface area contributed by atoms with Gasteiger partial charge in [0.15, 0.2) is 11.9 Å². The van der Waals surface area contributed by atoms with Gasteiger partial charge in [0.2, 0.25) is 0 Å². The molecule has 88 valence electrons. The molecule has 0 aliphatic heterocycles. The van der Waals surface area contributed by atoms with E-state index in [1.54, 1.807) is 0 Å². The molecule has 16 heavy (non-hydrogen) atoms. The summed E-state index contributed by atoms with van der Waals surface area (Å²) in [6.45, 7) is 10.4. The lowest BCUT2D eigenvalue weighted by atomic mass is 10.2. The van der Waals surface area contributed by atoms with Crippen LogP contribution < -0.4 is 4.57 Å². The van der Waals surface area contributed by atoms with Gasteiger partial charge in [-0.05, 0) is 12.8 Å². The first-order chi connectivity index (χ1) is 7.88. The minimum atomic E-state index is 1.18. The topological polar surface area (TPSA) is 27.7 Å². The number of nitrogens with zero attached hydrogens (tertiary/aromatic N) is 2. The lowest BCUT2D eigenvalue weighted by molar-refractivity contribution is -0.704. The van der Waals surface area contributed by atoms with Crippen molar-refractivity contribution in [2.24, 2.45) is 0 Å². The van der Waals surface area contributed by atoms with Crippen molar-refractivity contribution in [3.05, 3.63) is 36.7 Å². The summed E-state index contributed by atoms with van der Waals surface area (Å²) in [6, 6.07) is 6.52. The molecule has 0 N–H and O–H groups in total. The van der Waals surface area contributed by atoms with Crippen LogP contribution in [0.1, 0.15) is 45.2 Å². The molecule has 0 fully saturated rings. The maximum Gasteiger partial charge on any atom is 0.181 e. The molecule has 0 unspecified atom stereocenters. The van der Waals surface area contributed by atoms with Crippen molar-refractivity contribution < 1.29 is 4.57 Å². The predicted molar refractivity (Wildman–Crippen MR) is 65.1 cm³/mol. The third kappa shape index (κ3) is 5.50. The Balaban J connectivity index is 0.00000106. The van der Waals surface area contributed by atoms with Crippen LogP contribution in [0, 0.1) is 11.8 Å². The molecule has 0 saturated carbocycles. The Bertz CT molecular complexity index is 292.